The fourth-order valence-electron chi connectivity index (χ4n) is 2.11. The number of rotatable bonds is 2. The quantitative estimate of drug-likeness (QED) is 0.561. The molecular formula is C15H12Cl2N4. The lowest BCUT2D eigenvalue weighted by molar-refractivity contribution is 1.09. The van der Waals surface area contributed by atoms with Crippen LogP contribution in [0.3, 0.4) is 0 Å². The highest BCUT2D eigenvalue weighted by Gasteiger charge is 2.10. The number of fused-ring (bicyclic) bond motifs is 1. The summed E-state index contributed by atoms with van der Waals surface area (Å²) in [7, 11) is 0. The highest BCUT2D eigenvalue weighted by Crippen LogP contribution is 2.34. The first kappa shape index (κ1) is 14.0. The van der Waals surface area contributed by atoms with Gasteiger partial charge in [0.25, 0.3) is 0 Å². The number of benzene rings is 1. The van der Waals surface area contributed by atoms with Crippen molar-refractivity contribution in [2.24, 2.45) is 10.2 Å². The van der Waals surface area contributed by atoms with Crippen LogP contribution in [0.25, 0.3) is 5.65 Å². The molecule has 21 heavy (non-hydrogen) atoms. The second kappa shape index (κ2) is 5.47. The highest BCUT2D eigenvalue weighted by atomic mass is 35.5. The van der Waals surface area contributed by atoms with E-state index in [1.165, 1.54) is 0 Å². The standard InChI is InChI=1S/C15H12Cl2N4/c1-9-5-4-8-21-14(9)18-10(2)15(21)20-19-13-11(16)6-3-7-12(13)17/h3-8H,1-2H3. The largest absolute Gasteiger partial charge is 0.283 e. The summed E-state index contributed by atoms with van der Waals surface area (Å²) in [5, 5.41) is 9.41. The van der Waals surface area contributed by atoms with Crippen LogP contribution in [0, 0.1) is 13.8 Å². The Labute approximate surface area is 132 Å². The van der Waals surface area contributed by atoms with E-state index in [0.717, 1.165) is 16.9 Å². The first-order chi connectivity index (χ1) is 10.1. The maximum Gasteiger partial charge on any atom is 0.182 e. The lowest BCUT2D eigenvalue weighted by Gasteiger charge is -2.00. The zero-order chi connectivity index (χ0) is 15.0. The molecule has 2 heterocycles. The van der Waals surface area contributed by atoms with Gasteiger partial charge in [-0.3, -0.25) is 4.40 Å². The number of aromatic nitrogens is 2. The number of aryl methyl sites for hydroxylation is 2. The van der Waals surface area contributed by atoms with Crippen LogP contribution in [0.5, 0.6) is 0 Å². The molecule has 106 valence electrons. The third kappa shape index (κ3) is 2.52. The number of halogens is 2. The minimum atomic E-state index is 0.461. The van der Waals surface area contributed by atoms with E-state index < -0.39 is 0 Å². The van der Waals surface area contributed by atoms with E-state index in [9.17, 15) is 0 Å². The van der Waals surface area contributed by atoms with Crippen molar-refractivity contribution in [3.05, 3.63) is 57.8 Å². The molecule has 0 atom stereocenters. The Kier molecular flexibility index (Phi) is 3.66. The molecule has 4 nitrogen and oxygen atoms in total. The summed E-state index contributed by atoms with van der Waals surface area (Å²) in [5.74, 6) is 0.671. The van der Waals surface area contributed by atoms with Crippen molar-refractivity contribution >= 4 is 40.4 Å². The Hall–Kier alpha value is -1.91. The second-order valence-electron chi connectivity index (χ2n) is 4.68. The molecule has 1 aromatic carbocycles. The normalized spacial score (nSPS) is 11.6. The van der Waals surface area contributed by atoms with Gasteiger partial charge in [0.15, 0.2) is 5.82 Å². The van der Waals surface area contributed by atoms with Gasteiger partial charge >= 0.3 is 0 Å². The van der Waals surface area contributed by atoms with Gasteiger partial charge in [0, 0.05) is 6.20 Å². The van der Waals surface area contributed by atoms with Gasteiger partial charge in [-0.2, -0.15) is 0 Å². The third-order valence-corrected chi connectivity index (χ3v) is 3.78. The Morgan fingerprint density at radius 1 is 1.00 bits per heavy atom. The van der Waals surface area contributed by atoms with E-state index in [2.05, 4.69) is 15.2 Å². The second-order valence-corrected chi connectivity index (χ2v) is 5.49. The molecule has 0 saturated heterocycles. The number of pyridine rings is 1. The Morgan fingerprint density at radius 3 is 2.43 bits per heavy atom. The van der Waals surface area contributed by atoms with Gasteiger partial charge in [0.1, 0.15) is 11.3 Å². The predicted octanol–water partition coefficient (Wildman–Crippen LogP) is 5.67. The van der Waals surface area contributed by atoms with Crippen LogP contribution < -0.4 is 0 Å². The van der Waals surface area contributed by atoms with Crippen molar-refractivity contribution < 1.29 is 0 Å². The fraction of sp³-hybridized carbons (Fsp3) is 0.133. The molecule has 6 heteroatoms. The van der Waals surface area contributed by atoms with Crippen molar-refractivity contribution in [1.29, 1.82) is 0 Å². The molecule has 3 aromatic rings. The van der Waals surface area contributed by atoms with E-state index >= 15 is 0 Å². The predicted molar refractivity (Wildman–Crippen MR) is 85.3 cm³/mol. The maximum absolute atomic E-state index is 6.09. The molecular weight excluding hydrogens is 307 g/mol. The van der Waals surface area contributed by atoms with Gasteiger partial charge in [0.2, 0.25) is 0 Å². The summed E-state index contributed by atoms with van der Waals surface area (Å²) >= 11 is 12.2. The molecule has 0 unspecified atom stereocenters. The maximum atomic E-state index is 6.09. The van der Waals surface area contributed by atoms with Crippen molar-refractivity contribution in [2.45, 2.75) is 13.8 Å². The third-order valence-electron chi connectivity index (χ3n) is 3.17. The topological polar surface area (TPSA) is 42.0 Å². The van der Waals surface area contributed by atoms with Gasteiger partial charge < -0.3 is 0 Å². The van der Waals surface area contributed by atoms with Crippen molar-refractivity contribution in [3.8, 4) is 0 Å². The zero-order valence-electron chi connectivity index (χ0n) is 11.5. The smallest absolute Gasteiger partial charge is 0.182 e. The number of imidazole rings is 1. The van der Waals surface area contributed by atoms with Gasteiger partial charge in [-0.05, 0) is 37.6 Å². The van der Waals surface area contributed by atoms with E-state index in [-0.39, 0.29) is 0 Å². The van der Waals surface area contributed by atoms with Crippen LogP contribution in [0.15, 0.2) is 46.8 Å². The Bertz CT molecular complexity index is 832. The summed E-state index contributed by atoms with van der Waals surface area (Å²) in [5.41, 5.74) is 3.21. The fourth-order valence-corrected chi connectivity index (χ4v) is 2.58. The SMILES string of the molecule is Cc1nc2c(C)cccn2c1N=Nc1c(Cl)cccc1Cl. The van der Waals surface area contributed by atoms with Crippen LogP contribution in [0.4, 0.5) is 11.5 Å². The van der Waals surface area contributed by atoms with Crippen LogP contribution in [-0.2, 0) is 0 Å². The molecule has 3 rings (SSSR count). The molecule has 0 aliphatic heterocycles. The molecule has 0 radical (unpaired) electrons. The van der Waals surface area contributed by atoms with E-state index in [0.29, 0.717) is 21.6 Å². The van der Waals surface area contributed by atoms with Crippen LogP contribution >= 0.6 is 23.2 Å². The van der Waals surface area contributed by atoms with E-state index in [1.807, 2.05) is 36.6 Å². The molecule has 0 saturated carbocycles. The summed E-state index contributed by atoms with van der Waals surface area (Å²) in [4.78, 5) is 4.51. The van der Waals surface area contributed by atoms with Crippen molar-refractivity contribution in [2.75, 3.05) is 0 Å². The van der Waals surface area contributed by atoms with Gasteiger partial charge in [0.05, 0.1) is 15.7 Å². The van der Waals surface area contributed by atoms with E-state index in [4.69, 9.17) is 23.2 Å². The van der Waals surface area contributed by atoms with Gasteiger partial charge in [-0.15, -0.1) is 10.2 Å². The summed E-state index contributed by atoms with van der Waals surface area (Å²) < 4.78 is 1.90. The molecule has 0 aliphatic rings. The average Bonchev–Trinajstić information content (AvgIpc) is 2.76. The molecule has 0 bridgehead atoms. The lowest BCUT2D eigenvalue weighted by atomic mass is 10.3. The minimum Gasteiger partial charge on any atom is -0.283 e. The summed E-state index contributed by atoms with van der Waals surface area (Å²) in [6, 6.07) is 9.19. The molecule has 0 aliphatic carbocycles. The van der Waals surface area contributed by atoms with E-state index in [1.54, 1.807) is 18.2 Å². The molecule has 0 amide bonds. The monoisotopic (exact) mass is 318 g/mol. The summed E-state index contributed by atoms with van der Waals surface area (Å²) in [6.45, 7) is 3.91. The molecule has 0 fully saturated rings. The first-order valence-corrected chi connectivity index (χ1v) is 7.13. The van der Waals surface area contributed by atoms with Crippen LogP contribution in [-0.4, -0.2) is 9.38 Å². The Morgan fingerprint density at radius 2 is 1.71 bits per heavy atom. The molecule has 0 N–H and O–H groups in total. The zero-order valence-corrected chi connectivity index (χ0v) is 13.0. The van der Waals surface area contributed by atoms with Crippen LogP contribution in [0.2, 0.25) is 10.0 Å². The average molecular weight is 319 g/mol. The highest BCUT2D eigenvalue weighted by molar-refractivity contribution is 6.38. The number of hydrogen-bond donors (Lipinski definition) is 0. The lowest BCUT2D eigenvalue weighted by Crippen LogP contribution is -1.85. The van der Waals surface area contributed by atoms with Gasteiger partial charge in [-0.25, -0.2) is 4.98 Å². The minimum absolute atomic E-state index is 0.461. The number of hydrogen-bond acceptors (Lipinski definition) is 3. The Balaban J connectivity index is 2.12. The van der Waals surface area contributed by atoms with Gasteiger partial charge in [-0.1, -0.05) is 35.3 Å². The summed E-state index contributed by atoms with van der Waals surface area (Å²) in [6.07, 6.45) is 1.91. The molecule has 2 aromatic heterocycles. The van der Waals surface area contributed by atoms with Crippen molar-refractivity contribution in [3.63, 3.8) is 0 Å². The number of azo groups is 1. The van der Waals surface area contributed by atoms with Crippen LogP contribution in [0.1, 0.15) is 11.3 Å². The molecule has 0 spiro atoms. The number of nitrogens with zero attached hydrogens (tertiary/aromatic N) is 4. The first-order valence-electron chi connectivity index (χ1n) is 6.38. The van der Waals surface area contributed by atoms with Crippen molar-refractivity contribution in [1.82, 2.24) is 9.38 Å².